The van der Waals surface area contributed by atoms with E-state index in [0.29, 0.717) is 0 Å². The number of hydrogen-bond acceptors (Lipinski definition) is 2. The Kier molecular flexibility index (Phi) is 3.55. The lowest BCUT2D eigenvalue weighted by molar-refractivity contribution is 1.18. The Bertz CT molecular complexity index is 2220. The summed E-state index contributed by atoms with van der Waals surface area (Å²) in [5, 5.41) is 6.24. The first-order valence-electron chi connectivity index (χ1n) is 12.6. The SMILES string of the molecule is c1ccc(-n2c3ccccc3c3c4c(ccc32)Cc2c-4ccc3c4cnccc4n4ccnc4c23)cc1. The minimum Gasteiger partial charge on any atom is -0.309 e. The third-order valence-electron chi connectivity index (χ3n) is 8.10. The average molecular weight is 473 g/mol. The summed E-state index contributed by atoms with van der Waals surface area (Å²) in [6.07, 6.45) is 8.70. The molecule has 0 bridgehead atoms. The lowest BCUT2D eigenvalue weighted by Gasteiger charge is -2.12. The van der Waals surface area contributed by atoms with Crippen LogP contribution in [0.4, 0.5) is 0 Å². The van der Waals surface area contributed by atoms with Crippen LogP contribution in [0.1, 0.15) is 11.1 Å². The standard InChI is InChI=1S/C33H20N4/c1-2-6-21(7-3-1)37-28-9-5-4-8-24(28)32-29(37)13-10-20-18-25-22(30(20)32)11-12-23-26-19-34-15-14-27(26)36-17-16-35-33(36)31(23)25/h1-17,19H,18H2. The van der Waals surface area contributed by atoms with E-state index in [-0.39, 0.29) is 0 Å². The van der Waals surface area contributed by atoms with E-state index in [2.05, 4.69) is 105 Å². The van der Waals surface area contributed by atoms with Crippen LogP contribution in [0, 0.1) is 0 Å². The first-order valence-corrected chi connectivity index (χ1v) is 12.6. The molecule has 4 heteroatoms. The molecule has 0 saturated carbocycles. The van der Waals surface area contributed by atoms with Gasteiger partial charge in [0.25, 0.3) is 0 Å². The van der Waals surface area contributed by atoms with Crippen LogP contribution in [-0.2, 0) is 6.42 Å². The van der Waals surface area contributed by atoms with Gasteiger partial charge in [-0.3, -0.25) is 9.38 Å². The summed E-state index contributed by atoms with van der Waals surface area (Å²) in [5.74, 6) is 0. The number of imidazole rings is 1. The van der Waals surface area contributed by atoms with Crippen LogP contribution in [0.5, 0.6) is 0 Å². The van der Waals surface area contributed by atoms with Crippen molar-refractivity contribution in [3.8, 4) is 16.8 Å². The number of benzene rings is 4. The van der Waals surface area contributed by atoms with Crippen LogP contribution in [0.15, 0.2) is 110 Å². The van der Waals surface area contributed by atoms with Crippen molar-refractivity contribution < 1.29 is 0 Å². The van der Waals surface area contributed by atoms with Gasteiger partial charge in [0.2, 0.25) is 0 Å². The summed E-state index contributed by atoms with van der Waals surface area (Å²) < 4.78 is 4.61. The second-order valence-electron chi connectivity index (χ2n) is 9.89. The Hall–Kier alpha value is -4.96. The van der Waals surface area contributed by atoms with E-state index >= 15 is 0 Å². The summed E-state index contributed by atoms with van der Waals surface area (Å²) in [6, 6.07) is 30.8. The highest BCUT2D eigenvalue weighted by Crippen LogP contribution is 2.48. The number of rotatable bonds is 1. The average Bonchev–Trinajstić information content (AvgIpc) is 3.67. The Labute approximate surface area is 212 Å². The van der Waals surface area contributed by atoms with Gasteiger partial charge in [0, 0.05) is 52.0 Å². The molecule has 0 spiro atoms. The first-order chi connectivity index (χ1) is 18.4. The van der Waals surface area contributed by atoms with Crippen LogP contribution in [-0.4, -0.2) is 18.9 Å². The van der Waals surface area contributed by atoms with Gasteiger partial charge in [0.05, 0.1) is 16.6 Å². The lowest BCUT2D eigenvalue weighted by Crippen LogP contribution is -1.94. The Morgan fingerprint density at radius 3 is 2.49 bits per heavy atom. The molecule has 8 aromatic rings. The number of pyridine rings is 2. The molecular formula is C33H20N4. The van der Waals surface area contributed by atoms with Gasteiger partial charge < -0.3 is 4.57 Å². The largest absolute Gasteiger partial charge is 0.309 e. The molecular weight excluding hydrogens is 452 g/mol. The van der Waals surface area contributed by atoms with Crippen molar-refractivity contribution in [1.82, 2.24) is 18.9 Å². The molecule has 4 nitrogen and oxygen atoms in total. The zero-order valence-corrected chi connectivity index (χ0v) is 19.9. The fourth-order valence-electron chi connectivity index (χ4n) is 6.64. The van der Waals surface area contributed by atoms with Crippen LogP contribution < -0.4 is 0 Å². The fraction of sp³-hybridized carbons (Fsp3) is 0.0303. The highest BCUT2D eigenvalue weighted by Gasteiger charge is 2.27. The molecule has 0 radical (unpaired) electrons. The van der Waals surface area contributed by atoms with Crippen LogP contribution in [0.2, 0.25) is 0 Å². The van der Waals surface area contributed by atoms with E-state index < -0.39 is 0 Å². The van der Waals surface area contributed by atoms with E-state index in [1.165, 1.54) is 60.5 Å². The van der Waals surface area contributed by atoms with Crippen molar-refractivity contribution in [3.05, 3.63) is 121 Å². The maximum atomic E-state index is 4.83. The van der Waals surface area contributed by atoms with E-state index in [4.69, 9.17) is 4.98 Å². The molecule has 37 heavy (non-hydrogen) atoms. The third-order valence-corrected chi connectivity index (χ3v) is 8.10. The smallest absolute Gasteiger partial charge is 0.145 e. The normalized spacial score (nSPS) is 12.8. The van der Waals surface area contributed by atoms with Gasteiger partial charge in [0.15, 0.2) is 0 Å². The molecule has 0 saturated heterocycles. The van der Waals surface area contributed by atoms with E-state index in [0.717, 1.165) is 23.0 Å². The molecule has 0 amide bonds. The van der Waals surface area contributed by atoms with Gasteiger partial charge in [-0.1, -0.05) is 54.6 Å². The van der Waals surface area contributed by atoms with Gasteiger partial charge in [-0.2, -0.15) is 0 Å². The fourth-order valence-corrected chi connectivity index (χ4v) is 6.64. The van der Waals surface area contributed by atoms with Crippen molar-refractivity contribution in [2.75, 3.05) is 0 Å². The predicted octanol–water partition coefficient (Wildman–Crippen LogP) is 7.70. The first kappa shape index (κ1) is 19.3. The predicted molar refractivity (Wildman–Crippen MR) is 151 cm³/mol. The number of fused-ring (bicyclic) bond motifs is 14. The molecule has 4 aromatic carbocycles. The molecule has 4 aromatic heterocycles. The molecule has 0 N–H and O–H groups in total. The molecule has 4 heterocycles. The summed E-state index contributed by atoms with van der Waals surface area (Å²) >= 11 is 0. The summed E-state index contributed by atoms with van der Waals surface area (Å²) in [7, 11) is 0. The number of para-hydroxylation sites is 2. The molecule has 9 rings (SSSR count). The molecule has 172 valence electrons. The molecule has 0 atom stereocenters. The number of aromatic nitrogens is 4. The molecule has 0 unspecified atom stereocenters. The van der Waals surface area contributed by atoms with Gasteiger partial charge in [-0.05, 0) is 64.4 Å². The zero-order valence-electron chi connectivity index (χ0n) is 19.9. The van der Waals surface area contributed by atoms with Gasteiger partial charge in [0.1, 0.15) is 5.65 Å². The van der Waals surface area contributed by atoms with E-state index in [1.54, 1.807) is 0 Å². The number of hydrogen-bond donors (Lipinski definition) is 0. The zero-order chi connectivity index (χ0) is 24.1. The molecule has 0 aliphatic heterocycles. The second kappa shape index (κ2) is 6.83. The van der Waals surface area contributed by atoms with Crippen molar-refractivity contribution in [2.45, 2.75) is 6.42 Å². The third kappa shape index (κ3) is 2.37. The van der Waals surface area contributed by atoms with Gasteiger partial charge in [-0.15, -0.1) is 0 Å². The summed E-state index contributed by atoms with van der Waals surface area (Å²) in [6.45, 7) is 0. The maximum absolute atomic E-state index is 4.83. The minimum absolute atomic E-state index is 0.900. The quantitative estimate of drug-likeness (QED) is 0.229. The van der Waals surface area contributed by atoms with Crippen LogP contribution in [0.3, 0.4) is 0 Å². The maximum Gasteiger partial charge on any atom is 0.145 e. The highest BCUT2D eigenvalue weighted by molar-refractivity contribution is 6.20. The monoisotopic (exact) mass is 472 g/mol. The van der Waals surface area contributed by atoms with Crippen LogP contribution >= 0.6 is 0 Å². The second-order valence-corrected chi connectivity index (χ2v) is 9.89. The highest BCUT2D eigenvalue weighted by atomic mass is 15.0. The van der Waals surface area contributed by atoms with E-state index in [1.807, 2.05) is 18.6 Å². The van der Waals surface area contributed by atoms with Crippen LogP contribution in [0.25, 0.3) is 65.9 Å². The Morgan fingerprint density at radius 1 is 0.649 bits per heavy atom. The van der Waals surface area contributed by atoms with Gasteiger partial charge >= 0.3 is 0 Å². The molecule has 0 fully saturated rings. The van der Waals surface area contributed by atoms with Crippen molar-refractivity contribution in [1.29, 1.82) is 0 Å². The lowest BCUT2D eigenvalue weighted by atomic mass is 9.96. The van der Waals surface area contributed by atoms with Crippen molar-refractivity contribution >= 4 is 49.1 Å². The Morgan fingerprint density at radius 2 is 1.54 bits per heavy atom. The summed E-state index contributed by atoms with van der Waals surface area (Å²) in [4.78, 5) is 9.29. The topological polar surface area (TPSA) is 35.1 Å². The molecule has 1 aliphatic carbocycles. The van der Waals surface area contributed by atoms with Crippen molar-refractivity contribution in [2.24, 2.45) is 0 Å². The van der Waals surface area contributed by atoms with Gasteiger partial charge in [-0.25, -0.2) is 4.98 Å². The summed E-state index contributed by atoms with van der Waals surface area (Å²) in [5.41, 5.74) is 11.2. The van der Waals surface area contributed by atoms with Crippen molar-refractivity contribution in [3.63, 3.8) is 0 Å². The number of nitrogens with zero attached hydrogens (tertiary/aromatic N) is 4. The Balaban J connectivity index is 1.45. The minimum atomic E-state index is 0.900. The molecule has 1 aliphatic rings. The van der Waals surface area contributed by atoms with E-state index in [9.17, 15) is 0 Å².